The maximum atomic E-state index is 12.9. The van der Waals surface area contributed by atoms with Gasteiger partial charge < -0.3 is 44.4 Å². The van der Waals surface area contributed by atoms with E-state index in [2.05, 4.69) is 20.9 Å². The number of imide groups is 1. The Hall–Kier alpha value is -1.73. The van der Waals surface area contributed by atoms with Gasteiger partial charge in [-0.3, -0.25) is 29.0 Å². The fraction of sp³-hybridized carbons (Fsp3) is 0.889. The average molecular weight is 764 g/mol. The summed E-state index contributed by atoms with van der Waals surface area (Å²) in [5, 5.41) is 9.94. The van der Waals surface area contributed by atoms with E-state index < -0.39 is 0 Å². The quantitative estimate of drug-likeness (QED) is 0.0614. The number of likely N-dealkylation sites (tertiary alicyclic amines) is 1. The van der Waals surface area contributed by atoms with E-state index in [1.807, 2.05) is 41.5 Å². The van der Waals surface area contributed by atoms with Crippen molar-refractivity contribution in [2.45, 2.75) is 65.3 Å². The van der Waals surface area contributed by atoms with Gasteiger partial charge in [0.15, 0.2) is 0 Å². The molecule has 0 aromatic rings. The van der Waals surface area contributed by atoms with Gasteiger partial charge in [0.25, 0.3) is 0 Å². The van der Waals surface area contributed by atoms with E-state index in [9.17, 15) is 19.2 Å². The van der Waals surface area contributed by atoms with Gasteiger partial charge in [-0.15, -0.1) is 0 Å². The van der Waals surface area contributed by atoms with Crippen LogP contribution in [0.15, 0.2) is 0 Å². The normalized spacial score (nSPS) is 16.8. The van der Waals surface area contributed by atoms with Crippen LogP contribution in [-0.2, 0) is 47.6 Å². The summed E-state index contributed by atoms with van der Waals surface area (Å²) in [6.45, 7) is 21.5. The molecule has 3 unspecified atom stereocenters. The van der Waals surface area contributed by atoms with E-state index in [0.717, 1.165) is 13.1 Å². The minimum Gasteiger partial charge on any atom is -0.379 e. The Bertz CT molecular complexity index is 951. The van der Waals surface area contributed by atoms with Crippen LogP contribution < -0.4 is 16.0 Å². The summed E-state index contributed by atoms with van der Waals surface area (Å²) in [6.07, 6.45) is 0.816. The molecule has 1 aliphatic heterocycles. The van der Waals surface area contributed by atoms with Gasteiger partial charge in [-0.2, -0.15) is 11.8 Å². The summed E-state index contributed by atoms with van der Waals surface area (Å²) in [5.41, 5.74) is 0. The molecule has 16 heteroatoms. The first-order valence-electron chi connectivity index (χ1n) is 18.9. The zero-order chi connectivity index (χ0) is 38.4. The summed E-state index contributed by atoms with van der Waals surface area (Å²) in [5.74, 6) is 0.535. The lowest BCUT2D eigenvalue weighted by atomic mass is 10.1. The molecule has 0 aromatic heterocycles. The van der Waals surface area contributed by atoms with E-state index in [1.54, 1.807) is 0 Å². The Morgan fingerprint density at radius 2 is 1.31 bits per heavy atom. The number of carbonyl (C=O) groups is 4. The van der Waals surface area contributed by atoms with E-state index in [-0.39, 0.29) is 53.9 Å². The van der Waals surface area contributed by atoms with Gasteiger partial charge in [0.2, 0.25) is 18.2 Å². The maximum absolute atomic E-state index is 12.9. The van der Waals surface area contributed by atoms with Gasteiger partial charge in [0.05, 0.1) is 71.8 Å². The highest BCUT2D eigenvalue weighted by molar-refractivity contribution is 8.00. The molecule has 0 aliphatic carbocycles. The van der Waals surface area contributed by atoms with Crippen molar-refractivity contribution in [1.82, 2.24) is 25.8 Å². The van der Waals surface area contributed by atoms with Crippen LogP contribution in [0, 0.1) is 11.8 Å². The second kappa shape index (κ2) is 31.6. The smallest absolute Gasteiger partial charge is 0.246 e. The number of ether oxygens (including phenoxy) is 6. The predicted molar refractivity (Wildman–Crippen MR) is 203 cm³/mol. The molecule has 304 valence electrons. The molecule has 1 fully saturated rings. The molecule has 15 nitrogen and oxygen atoms in total. The Balaban J connectivity index is 2.42. The second-order valence-corrected chi connectivity index (χ2v) is 14.8. The van der Waals surface area contributed by atoms with E-state index >= 15 is 0 Å². The predicted octanol–water partition coefficient (Wildman–Crippen LogP) is 0.832. The number of nitrogens with one attached hydrogen (secondary N) is 3. The van der Waals surface area contributed by atoms with E-state index in [4.69, 9.17) is 28.4 Å². The number of rotatable bonds is 35. The number of nitrogens with zero attached hydrogens (tertiary/aromatic N) is 2. The number of carbonyl (C=O) groups excluding carboxylic acids is 4. The zero-order valence-electron chi connectivity index (χ0n) is 32.7. The van der Waals surface area contributed by atoms with Crippen molar-refractivity contribution in [3.05, 3.63) is 0 Å². The summed E-state index contributed by atoms with van der Waals surface area (Å²) in [6, 6.07) is 0.268. The number of hydrogen-bond donors (Lipinski definition) is 3. The number of ketones is 1. The van der Waals surface area contributed by atoms with Crippen molar-refractivity contribution < 1.29 is 47.6 Å². The Morgan fingerprint density at radius 3 is 1.81 bits per heavy atom. The van der Waals surface area contributed by atoms with Crippen LogP contribution in [0.4, 0.5) is 0 Å². The summed E-state index contributed by atoms with van der Waals surface area (Å²) < 4.78 is 33.1. The highest BCUT2D eigenvalue weighted by Gasteiger charge is 2.32. The minimum absolute atomic E-state index is 0.0266. The van der Waals surface area contributed by atoms with Gasteiger partial charge in [0, 0.05) is 82.1 Å². The average Bonchev–Trinajstić information content (AvgIpc) is 3.50. The fourth-order valence-electron chi connectivity index (χ4n) is 4.97. The zero-order valence-corrected chi connectivity index (χ0v) is 33.5. The molecule has 0 bridgehead atoms. The lowest BCUT2D eigenvalue weighted by molar-refractivity contribution is -0.138. The molecule has 0 aromatic carbocycles. The van der Waals surface area contributed by atoms with Gasteiger partial charge in [-0.05, 0) is 12.8 Å². The molecule has 1 aliphatic rings. The van der Waals surface area contributed by atoms with Crippen molar-refractivity contribution >= 4 is 35.8 Å². The number of thioether (sulfide) groups is 1. The van der Waals surface area contributed by atoms with E-state index in [1.165, 1.54) is 16.7 Å². The Kier molecular flexibility index (Phi) is 29.3. The second-order valence-electron chi connectivity index (χ2n) is 13.4. The van der Waals surface area contributed by atoms with Crippen LogP contribution in [0.3, 0.4) is 0 Å². The van der Waals surface area contributed by atoms with Crippen molar-refractivity contribution in [2.75, 3.05) is 131 Å². The van der Waals surface area contributed by atoms with Crippen molar-refractivity contribution in [3.63, 3.8) is 0 Å². The summed E-state index contributed by atoms with van der Waals surface area (Å²) in [7, 11) is 0. The number of Topliss-reactive ketones (excluding diaryl/α,β-unsaturated/α-hetero) is 1. The van der Waals surface area contributed by atoms with Crippen LogP contribution in [0.2, 0.25) is 0 Å². The molecule has 3 atom stereocenters. The van der Waals surface area contributed by atoms with Gasteiger partial charge in [-0.1, -0.05) is 34.6 Å². The first-order chi connectivity index (χ1) is 25.1. The molecule has 52 heavy (non-hydrogen) atoms. The molecular formula is C36H69N5O10S. The van der Waals surface area contributed by atoms with Crippen LogP contribution in [0.1, 0.15) is 48.0 Å². The van der Waals surface area contributed by atoms with Crippen molar-refractivity contribution in [1.29, 1.82) is 0 Å². The standard InChI is InChI=1S/C36H69N5O10S/c1-7-46-14-15-49-18-16-47-12-8-37-32-24-40(10-11-41(28-42)36(45)22-31(6)52-27-34(43)30(4)5)25-33(32)38-9-13-48-17-19-50-20-21-51-26-35(44)39-23-29(2)3/h28-33,37-38H,7-27H2,1-6H3,(H,39,44). The number of hydrogen-bond acceptors (Lipinski definition) is 14. The third-order valence-corrected chi connectivity index (χ3v) is 9.24. The molecule has 0 spiro atoms. The molecule has 0 radical (unpaired) electrons. The fourth-order valence-corrected chi connectivity index (χ4v) is 6.01. The Morgan fingerprint density at radius 1 is 0.788 bits per heavy atom. The third-order valence-electron chi connectivity index (χ3n) is 8.05. The topological polar surface area (TPSA) is 166 Å². The molecule has 1 rings (SSSR count). The lowest BCUT2D eigenvalue weighted by Crippen LogP contribution is -2.48. The van der Waals surface area contributed by atoms with Gasteiger partial charge in [-0.25, -0.2) is 0 Å². The summed E-state index contributed by atoms with van der Waals surface area (Å²) >= 11 is 1.45. The highest BCUT2D eigenvalue weighted by Crippen LogP contribution is 2.17. The highest BCUT2D eigenvalue weighted by atomic mass is 32.2. The number of amides is 3. The Labute approximate surface area is 316 Å². The first-order valence-corrected chi connectivity index (χ1v) is 19.9. The molecule has 0 saturated carbocycles. The monoisotopic (exact) mass is 763 g/mol. The van der Waals surface area contributed by atoms with Crippen LogP contribution in [-0.4, -0.2) is 182 Å². The van der Waals surface area contributed by atoms with Crippen LogP contribution >= 0.6 is 11.8 Å². The SMILES string of the molecule is CCOCCOCCOCCNC1CN(CCN(C=O)C(=O)CC(C)SCC(=O)C(C)C)CC1NCCOCCOCCOCC(=O)NCC(C)C. The largest absolute Gasteiger partial charge is 0.379 e. The van der Waals surface area contributed by atoms with Crippen LogP contribution in [0.5, 0.6) is 0 Å². The molecule has 1 heterocycles. The minimum atomic E-state index is -0.229. The molecule has 3 N–H and O–H groups in total. The van der Waals surface area contributed by atoms with Crippen LogP contribution in [0.25, 0.3) is 0 Å². The summed E-state index contributed by atoms with van der Waals surface area (Å²) in [4.78, 5) is 51.9. The van der Waals surface area contributed by atoms with Gasteiger partial charge >= 0.3 is 0 Å². The molecule has 3 amide bonds. The van der Waals surface area contributed by atoms with Crippen molar-refractivity contribution in [3.8, 4) is 0 Å². The molecular weight excluding hydrogens is 694 g/mol. The van der Waals surface area contributed by atoms with E-state index in [0.29, 0.717) is 123 Å². The van der Waals surface area contributed by atoms with Gasteiger partial charge in [0.1, 0.15) is 12.4 Å². The lowest BCUT2D eigenvalue weighted by Gasteiger charge is -2.22. The molecule has 1 saturated heterocycles. The van der Waals surface area contributed by atoms with Crippen molar-refractivity contribution in [2.24, 2.45) is 11.8 Å². The first kappa shape index (κ1) is 48.3. The maximum Gasteiger partial charge on any atom is 0.246 e. The third kappa shape index (κ3) is 25.3.